The van der Waals surface area contributed by atoms with Crippen molar-refractivity contribution in [1.29, 1.82) is 0 Å². The predicted octanol–water partition coefficient (Wildman–Crippen LogP) is 4.68. The molecule has 0 amide bonds. The molecule has 4 atom stereocenters. The molecule has 3 rings (SSSR count). The van der Waals surface area contributed by atoms with E-state index in [-0.39, 0.29) is 5.41 Å². The van der Waals surface area contributed by atoms with Gasteiger partial charge in [-0.1, -0.05) is 38.8 Å². The third kappa shape index (κ3) is 2.12. The number of alkyl halides is 1. The van der Waals surface area contributed by atoms with E-state index in [1.165, 1.54) is 12.0 Å². The van der Waals surface area contributed by atoms with Crippen LogP contribution in [0.25, 0.3) is 0 Å². The Morgan fingerprint density at radius 3 is 2.24 bits per heavy atom. The molecule has 21 heavy (non-hydrogen) atoms. The minimum absolute atomic E-state index is 0.107. The number of rotatable bonds is 3. The first-order valence-corrected chi connectivity index (χ1v) is 8.93. The van der Waals surface area contributed by atoms with Crippen molar-refractivity contribution in [2.75, 3.05) is 13.1 Å². The summed E-state index contributed by atoms with van der Waals surface area (Å²) in [6.07, 6.45) is 1.63. The normalized spacial score (nSPS) is 40.0. The molecule has 1 spiro atoms. The van der Waals surface area contributed by atoms with Crippen molar-refractivity contribution < 1.29 is 4.39 Å². The fourth-order valence-corrected chi connectivity index (χ4v) is 5.52. The molecule has 1 aliphatic heterocycles. The molecule has 1 nitrogen and oxygen atoms in total. The average molecular weight is 293 g/mol. The van der Waals surface area contributed by atoms with Gasteiger partial charge in [0.2, 0.25) is 0 Å². The van der Waals surface area contributed by atoms with E-state index in [2.05, 4.69) is 46.4 Å². The van der Waals surface area contributed by atoms with Gasteiger partial charge in [0, 0.05) is 18.0 Å². The van der Waals surface area contributed by atoms with E-state index in [4.69, 9.17) is 0 Å². The Kier molecular flexibility index (Phi) is 3.75. The molecule has 1 heterocycles. The first-order valence-electron chi connectivity index (χ1n) is 8.93. The van der Waals surface area contributed by atoms with Gasteiger partial charge >= 0.3 is 0 Å². The van der Waals surface area contributed by atoms with Gasteiger partial charge in [-0.3, -0.25) is 4.90 Å². The van der Waals surface area contributed by atoms with E-state index in [0.717, 1.165) is 13.0 Å². The van der Waals surface area contributed by atoms with Crippen molar-refractivity contribution in [3.05, 3.63) is 11.1 Å². The lowest BCUT2D eigenvalue weighted by Gasteiger charge is -2.48. The van der Waals surface area contributed by atoms with Crippen LogP contribution in [0.15, 0.2) is 11.1 Å². The van der Waals surface area contributed by atoms with Gasteiger partial charge in [0.05, 0.1) is 0 Å². The topological polar surface area (TPSA) is 3.24 Å². The number of piperidine rings is 1. The summed E-state index contributed by atoms with van der Waals surface area (Å²) in [6, 6.07) is 0.466. The highest BCUT2D eigenvalue weighted by Gasteiger charge is 2.66. The smallest absolute Gasteiger partial charge is 0.122 e. The lowest BCUT2D eigenvalue weighted by atomic mass is 9.65. The molecule has 0 aromatic heterocycles. The van der Waals surface area contributed by atoms with Crippen LogP contribution in [0.5, 0.6) is 0 Å². The summed E-state index contributed by atoms with van der Waals surface area (Å²) < 4.78 is 15.4. The highest BCUT2D eigenvalue weighted by molar-refractivity contribution is 5.43. The summed E-state index contributed by atoms with van der Waals surface area (Å²) in [7, 11) is 0. The maximum Gasteiger partial charge on any atom is 0.122 e. The zero-order valence-electron chi connectivity index (χ0n) is 14.6. The fraction of sp³-hybridized carbons (Fsp3) is 0.895. The largest absolute Gasteiger partial charge is 0.298 e. The highest BCUT2D eigenvalue weighted by atomic mass is 19.1. The molecule has 0 aromatic carbocycles. The van der Waals surface area contributed by atoms with Crippen LogP contribution >= 0.6 is 0 Å². The van der Waals surface area contributed by atoms with Crippen LogP contribution in [0.4, 0.5) is 4.39 Å². The molecule has 2 fully saturated rings. The van der Waals surface area contributed by atoms with Gasteiger partial charge in [-0.25, -0.2) is 4.39 Å². The van der Waals surface area contributed by atoms with E-state index in [1.54, 1.807) is 5.57 Å². The molecule has 0 aromatic rings. The predicted molar refractivity (Wildman–Crippen MR) is 87.0 cm³/mol. The first kappa shape index (κ1) is 15.5. The molecule has 0 bridgehead atoms. The van der Waals surface area contributed by atoms with E-state index in [1.807, 2.05) is 0 Å². The van der Waals surface area contributed by atoms with E-state index < -0.39 is 6.17 Å². The Morgan fingerprint density at radius 1 is 1.10 bits per heavy atom. The quantitative estimate of drug-likeness (QED) is 0.683. The third-order valence-electron chi connectivity index (χ3n) is 6.36. The standard InChI is InChI=1S/C19H32FN/c1-11(2)17-14-9-15(14)19(18(17)12(3)4)7-8-21(13(5)6)10-16(19)20/h11-16H,7-10H2,1-6H3/t14?,15?,16-,19+/m1/s1. The molecule has 2 unspecified atom stereocenters. The lowest BCUT2D eigenvalue weighted by Crippen LogP contribution is -2.53. The minimum atomic E-state index is -0.669. The Morgan fingerprint density at radius 2 is 1.76 bits per heavy atom. The molecular weight excluding hydrogens is 261 g/mol. The Labute approximate surface area is 130 Å². The minimum Gasteiger partial charge on any atom is -0.298 e. The van der Waals surface area contributed by atoms with Crippen LogP contribution in [0.3, 0.4) is 0 Å². The lowest BCUT2D eigenvalue weighted by molar-refractivity contribution is 0.00184. The van der Waals surface area contributed by atoms with Crippen LogP contribution in [-0.4, -0.2) is 30.2 Å². The summed E-state index contributed by atoms with van der Waals surface area (Å²) in [6.45, 7) is 15.3. The molecule has 0 N–H and O–H groups in total. The summed E-state index contributed by atoms with van der Waals surface area (Å²) in [5, 5.41) is 0. The molecule has 1 saturated heterocycles. The molecule has 0 radical (unpaired) electrons. The number of hydrogen-bond donors (Lipinski definition) is 0. The van der Waals surface area contributed by atoms with Crippen molar-refractivity contribution in [3.8, 4) is 0 Å². The van der Waals surface area contributed by atoms with Crippen molar-refractivity contribution in [1.82, 2.24) is 4.90 Å². The van der Waals surface area contributed by atoms with Gasteiger partial charge in [-0.15, -0.1) is 0 Å². The summed E-state index contributed by atoms with van der Waals surface area (Å²) in [4.78, 5) is 2.33. The first-order chi connectivity index (χ1) is 9.80. The number of hydrogen-bond acceptors (Lipinski definition) is 1. The second-order valence-electron chi connectivity index (χ2n) is 8.47. The Bertz CT molecular complexity index is 450. The van der Waals surface area contributed by atoms with E-state index in [0.29, 0.717) is 36.3 Å². The van der Waals surface area contributed by atoms with Crippen molar-refractivity contribution in [2.24, 2.45) is 29.1 Å². The summed E-state index contributed by atoms with van der Waals surface area (Å²) in [5.41, 5.74) is 3.05. The van der Waals surface area contributed by atoms with Crippen LogP contribution in [-0.2, 0) is 0 Å². The zero-order chi connectivity index (χ0) is 15.5. The SMILES string of the molecule is CC(C)C1=C(C(C)C)[C@@]2(CCN(C(C)C)C[C@H]2F)C2CC12. The van der Waals surface area contributed by atoms with Crippen LogP contribution in [0, 0.1) is 29.1 Å². The number of likely N-dealkylation sites (tertiary alicyclic amines) is 1. The van der Waals surface area contributed by atoms with Gasteiger partial charge < -0.3 is 0 Å². The number of nitrogens with zero attached hydrogens (tertiary/aromatic N) is 1. The Hall–Kier alpha value is -0.370. The average Bonchev–Trinajstić information content (AvgIpc) is 3.11. The van der Waals surface area contributed by atoms with Gasteiger partial charge in [0.1, 0.15) is 6.17 Å². The second-order valence-corrected chi connectivity index (χ2v) is 8.47. The summed E-state index contributed by atoms with van der Waals surface area (Å²) >= 11 is 0. The van der Waals surface area contributed by atoms with Crippen LogP contribution in [0.2, 0.25) is 0 Å². The maximum atomic E-state index is 15.4. The van der Waals surface area contributed by atoms with Crippen molar-refractivity contribution in [3.63, 3.8) is 0 Å². The van der Waals surface area contributed by atoms with Crippen LogP contribution < -0.4 is 0 Å². The van der Waals surface area contributed by atoms with E-state index >= 15 is 4.39 Å². The Balaban J connectivity index is 1.98. The molecule has 3 aliphatic rings. The number of halogens is 1. The molecule has 2 aliphatic carbocycles. The molecule has 2 heteroatoms. The van der Waals surface area contributed by atoms with Crippen molar-refractivity contribution >= 4 is 0 Å². The number of allylic oxidation sites excluding steroid dienone is 2. The van der Waals surface area contributed by atoms with Gasteiger partial charge in [0.15, 0.2) is 0 Å². The van der Waals surface area contributed by atoms with Gasteiger partial charge in [-0.2, -0.15) is 0 Å². The van der Waals surface area contributed by atoms with Crippen LogP contribution in [0.1, 0.15) is 54.4 Å². The van der Waals surface area contributed by atoms with E-state index in [9.17, 15) is 0 Å². The number of fused-ring (bicyclic) bond motifs is 2. The second kappa shape index (κ2) is 5.08. The monoisotopic (exact) mass is 293 g/mol. The maximum absolute atomic E-state index is 15.4. The molecule has 120 valence electrons. The summed E-state index contributed by atoms with van der Waals surface area (Å²) in [5.74, 6) is 2.43. The van der Waals surface area contributed by atoms with Gasteiger partial charge in [-0.05, 0) is 56.9 Å². The van der Waals surface area contributed by atoms with Gasteiger partial charge in [0.25, 0.3) is 0 Å². The molecular formula is C19H32FN. The zero-order valence-corrected chi connectivity index (χ0v) is 14.6. The highest BCUT2D eigenvalue weighted by Crippen LogP contribution is 2.71. The third-order valence-corrected chi connectivity index (χ3v) is 6.36. The van der Waals surface area contributed by atoms with Crippen molar-refractivity contribution in [2.45, 2.75) is 66.6 Å². The fourth-order valence-electron chi connectivity index (χ4n) is 5.52. The molecule has 1 saturated carbocycles.